The fourth-order valence-electron chi connectivity index (χ4n) is 2.97. The number of benzene rings is 2. The van der Waals surface area contributed by atoms with Gasteiger partial charge in [-0.2, -0.15) is 0 Å². The van der Waals surface area contributed by atoms with Crippen LogP contribution in [0.5, 0.6) is 5.75 Å². The first kappa shape index (κ1) is 18.9. The maximum Gasteiger partial charge on any atom is 0.253 e. The predicted octanol–water partition coefficient (Wildman–Crippen LogP) is 2.18. The molecular weight excluding hydrogens is 344 g/mol. The number of aryl methyl sites for hydroxylation is 1. The van der Waals surface area contributed by atoms with Gasteiger partial charge in [0.05, 0.1) is 19.8 Å². The molecule has 1 fully saturated rings. The zero-order valence-electron chi connectivity index (χ0n) is 15.4. The second kappa shape index (κ2) is 9.19. The molecule has 1 heterocycles. The predicted molar refractivity (Wildman–Crippen MR) is 103 cm³/mol. The Bertz CT molecular complexity index is 762. The zero-order chi connectivity index (χ0) is 19.1. The minimum absolute atomic E-state index is 0.0290. The van der Waals surface area contributed by atoms with Crippen LogP contribution in [0.3, 0.4) is 0 Å². The Balaban J connectivity index is 1.44. The number of carbonyl (C=O) groups excluding carboxylic acids is 2. The molecule has 1 unspecified atom stereocenters. The summed E-state index contributed by atoms with van der Waals surface area (Å²) in [6.07, 6.45) is 0.851. The van der Waals surface area contributed by atoms with E-state index in [1.807, 2.05) is 54.6 Å². The van der Waals surface area contributed by atoms with E-state index in [0.717, 1.165) is 17.0 Å². The molecule has 0 radical (unpaired) electrons. The summed E-state index contributed by atoms with van der Waals surface area (Å²) in [4.78, 5) is 25.9. The Morgan fingerprint density at radius 3 is 2.63 bits per heavy atom. The average Bonchev–Trinajstić information content (AvgIpc) is 2.72. The van der Waals surface area contributed by atoms with Gasteiger partial charge < -0.3 is 19.7 Å². The molecule has 6 heteroatoms. The molecule has 0 aliphatic carbocycles. The monoisotopic (exact) mass is 368 g/mol. The number of anilines is 1. The first-order valence-corrected chi connectivity index (χ1v) is 9.02. The van der Waals surface area contributed by atoms with E-state index in [4.69, 9.17) is 9.47 Å². The molecule has 0 spiro atoms. The molecule has 0 saturated carbocycles. The third-order valence-corrected chi connectivity index (χ3v) is 4.52. The van der Waals surface area contributed by atoms with Crippen LogP contribution in [0.2, 0.25) is 0 Å². The normalized spacial score (nSPS) is 16.9. The minimum atomic E-state index is -0.215. The molecule has 6 nitrogen and oxygen atoms in total. The average molecular weight is 368 g/mol. The second-order valence-corrected chi connectivity index (χ2v) is 6.43. The lowest BCUT2D eigenvalue weighted by Gasteiger charge is -2.32. The van der Waals surface area contributed by atoms with Crippen molar-refractivity contribution in [2.24, 2.45) is 0 Å². The Hall–Kier alpha value is -2.86. The molecule has 1 atom stereocenters. The third-order valence-electron chi connectivity index (χ3n) is 4.52. The van der Waals surface area contributed by atoms with Gasteiger partial charge >= 0.3 is 0 Å². The number of para-hydroxylation sites is 1. The second-order valence-electron chi connectivity index (χ2n) is 6.43. The maximum atomic E-state index is 12.1. The van der Waals surface area contributed by atoms with E-state index < -0.39 is 0 Å². The van der Waals surface area contributed by atoms with Crippen LogP contribution < -0.4 is 15.0 Å². The summed E-state index contributed by atoms with van der Waals surface area (Å²) in [5, 5.41) is 2.91. The van der Waals surface area contributed by atoms with Gasteiger partial charge in [-0.3, -0.25) is 9.59 Å². The Morgan fingerprint density at radius 1 is 1.19 bits per heavy atom. The van der Waals surface area contributed by atoms with Crippen LogP contribution in [0.4, 0.5) is 5.69 Å². The highest BCUT2D eigenvalue weighted by atomic mass is 16.5. The van der Waals surface area contributed by atoms with Gasteiger partial charge in [-0.25, -0.2) is 0 Å². The number of hydrogen-bond acceptors (Lipinski definition) is 4. The highest BCUT2D eigenvalue weighted by Gasteiger charge is 2.27. The van der Waals surface area contributed by atoms with Crippen molar-refractivity contribution in [3.63, 3.8) is 0 Å². The van der Waals surface area contributed by atoms with Gasteiger partial charge in [0.15, 0.2) is 0 Å². The van der Waals surface area contributed by atoms with Crippen molar-refractivity contribution >= 4 is 17.5 Å². The first-order chi connectivity index (χ1) is 13.2. The lowest BCUT2D eigenvalue weighted by molar-refractivity contribution is -0.129. The third kappa shape index (κ3) is 5.31. The molecule has 1 aliphatic heterocycles. The summed E-state index contributed by atoms with van der Waals surface area (Å²) in [5.41, 5.74) is 1.93. The standard InChI is InChI=1S/C21H24N2O4/c1-26-18-10-7-16(8-11-18)9-12-20(24)22-13-19-14-23(21(25)15-27-19)17-5-3-2-4-6-17/h2-8,10-11,19H,9,12-15H2,1H3,(H,22,24). The van der Waals surface area contributed by atoms with E-state index in [9.17, 15) is 9.59 Å². The number of rotatable bonds is 7. The van der Waals surface area contributed by atoms with Crippen LogP contribution in [0, 0.1) is 0 Å². The fraction of sp³-hybridized carbons (Fsp3) is 0.333. The van der Waals surface area contributed by atoms with E-state index in [1.165, 1.54) is 0 Å². The van der Waals surface area contributed by atoms with Gasteiger partial charge in [0.2, 0.25) is 5.91 Å². The van der Waals surface area contributed by atoms with Crippen molar-refractivity contribution < 1.29 is 19.1 Å². The van der Waals surface area contributed by atoms with Crippen molar-refractivity contribution in [1.82, 2.24) is 5.32 Å². The zero-order valence-corrected chi connectivity index (χ0v) is 15.4. The highest BCUT2D eigenvalue weighted by molar-refractivity contribution is 5.95. The van der Waals surface area contributed by atoms with E-state index in [-0.39, 0.29) is 24.5 Å². The molecule has 27 heavy (non-hydrogen) atoms. The van der Waals surface area contributed by atoms with E-state index >= 15 is 0 Å². The molecule has 0 aromatic heterocycles. The minimum Gasteiger partial charge on any atom is -0.497 e. The number of methoxy groups -OCH3 is 1. The number of morpholine rings is 1. The van der Waals surface area contributed by atoms with Crippen LogP contribution in [-0.2, 0) is 20.7 Å². The van der Waals surface area contributed by atoms with Crippen molar-refractivity contribution in [2.75, 3.05) is 31.7 Å². The number of amides is 2. The van der Waals surface area contributed by atoms with Crippen LogP contribution >= 0.6 is 0 Å². The van der Waals surface area contributed by atoms with Gasteiger partial charge in [-0.05, 0) is 36.2 Å². The lowest BCUT2D eigenvalue weighted by Crippen LogP contribution is -2.50. The van der Waals surface area contributed by atoms with Gasteiger partial charge in [0, 0.05) is 18.7 Å². The summed E-state index contributed by atoms with van der Waals surface area (Å²) >= 11 is 0. The maximum absolute atomic E-state index is 12.1. The summed E-state index contributed by atoms with van der Waals surface area (Å²) in [6, 6.07) is 17.2. The molecule has 1 N–H and O–H groups in total. The van der Waals surface area contributed by atoms with Gasteiger partial charge in [0.1, 0.15) is 12.4 Å². The Morgan fingerprint density at radius 2 is 1.93 bits per heavy atom. The molecular formula is C21H24N2O4. The van der Waals surface area contributed by atoms with Crippen LogP contribution in [0.25, 0.3) is 0 Å². The number of ether oxygens (including phenoxy) is 2. The van der Waals surface area contributed by atoms with Gasteiger partial charge in [-0.1, -0.05) is 30.3 Å². The lowest BCUT2D eigenvalue weighted by atomic mass is 10.1. The van der Waals surface area contributed by atoms with Crippen LogP contribution in [0.15, 0.2) is 54.6 Å². The summed E-state index contributed by atoms with van der Waals surface area (Å²) in [7, 11) is 1.63. The van der Waals surface area contributed by atoms with Gasteiger partial charge in [0.25, 0.3) is 5.91 Å². The molecule has 142 valence electrons. The SMILES string of the molecule is COc1ccc(CCC(=O)NCC2CN(c3ccccc3)C(=O)CO2)cc1. The molecule has 0 bridgehead atoms. The fourth-order valence-corrected chi connectivity index (χ4v) is 2.97. The topological polar surface area (TPSA) is 67.9 Å². The molecule has 2 amide bonds. The van der Waals surface area contributed by atoms with Crippen molar-refractivity contribution in [3.05, 3.63) is 60.2 Å². The van der Waals surface area contributed by atoms with Crippen molar-refractivity contribution in [2.45, 2.75) is 18.9 Å². The summed E-state index contributed by atoms with van der Waals surface area (Å²) in [6.45, 7) is 0.848. The first-order valence-electron chi connectivity index (χ1n) is 9.02. The van der Waals surface area contributed by atoms with E-state index in [2.05, 4.69) is 5.32 Å². The molecule has 2 aromatic carbocycles. The molecule has 1 aliphatic rings. The van der Waals surface area contributed by atoms with E-state index in [1.54, 1.807) is 12.0 Å². The molecule has 1 saturated heterocycles. The Labute approximate surface area is 159 Å². The van der Waals surface area contributed by atoms with Crippen molar-refractivity contribution in [1.29, 1.82) is 0 Å². The number of hydrogen-bond donors (Lipinski definition) is 1. The smallest absolute Gasteiger partial charge is 0.253 e. The van der Waals surface area contributed by atoms with Gasteiger partial charge in [-0.15, -0.1) is 0 Å². The summed E-state index contributed by atoms with van der Waals surface area (Å²) in [5.74, 6) is 0.705. The Kier molecular flexibility index (Phi) is 6.44. The van der Waals surface area contributed by atoms with Crippen LogP contribution in [-0.4, -0.2) is 44.7 Å². The quantitative estimate of drug-likeness (QED) is 0.813. The van der Waals surface area contributed by atoms with Crippen molar-refractivity contribution in [3.8, 4) is 5.75 Å². The number of nitrogens with one attached hydrogen (secondary N) is 1. The summed E-state index contributed by atoms with van der Waals surface area (Å²) < 4.78 is 10.7. The number of nitrogens with zero attached hydrogens (tertiary/aromatic N) is 1. The van der Waals surface area contributed by atoms with Crippen LogP contribution in [0.1, 0.15) is 12.0 Å². The molecule has 3 rings (SSSR count). The molecule has 2 aromatic rings. The largest absolute Gasteiger partial charge is 0.497 e. The number of carbonyl (C=O) groups is 2. The highest BCUT2D eigenvalue weighted by Crippen LogP contribution is 2.18. The van der Waals surface area contributed by atoms with E-state index in [0.29, 0.717) is 25.9 Å².